The van der Waals surface area contributed by atoms with Crippen molar-refractivity contribution in [2.75, 3.05) is 19.8 Å². The molecule has 0 aromatic heterocycles. The van der Waals surface area contributed by atoms with E-state index in [1.807, 2.05) is 6.92 Å². The number of hydrogen-bond acceptors (Lipinski definition) is 21. The second-order valence-corrected chi connectivity index (χ2v) is 23.7. The Hall–Kier alpha value is -1.26. The molecule has 9 aliphatic rings. The van der Waals surface area contributed by atoms with Gasteiger partial charge in [-0.25, -0.2) is 0 Å². The summed E-state index contributed by atoms with van der Waals surface area (Å²) >= 11 is 0. The van der Waals surface area contributed by atoms with Gasteiger partial charge in [-0.1, -0.05) is 20.8 Å². The molecule has 0 amide bonds. The molecule has 8 fully saturated rings. The van der Waals surface area contributed by atoms with Gasteiger partial charge in [0.05, 0.1) is 43.9 Å². The normalized spacial score (nSPS) is 54.1. The summed E-state index contributed by atoms with van der Waals surface area (Å²) in [6.45, 7) is 11.6. The molecule has 0 bridgehead atoms. The highest BCUT2D eigenvalue weighted by Gasteiger charge is 2.65. The largest absolute Gasteiger partial charge is 0.494 e. The lowest BCUT2D eigenvalue weighted by molar-refractivity contribution is -0.375. The number of fused-ring (bicyclic) bond motifs is 7. The number of rotatable bonds is 14. The summed E-state index contributed by atoms with van der Waals surface area (Å²) in [5.41, 5.74) is 1.48. The van der Waals surface area contributed by atoms with E-state index in [-0.39, 0.29) is 35.6 Å². The quantitative estimate of drug-likeness (QED) is 0.0934. The van der Waals surface area contributed by atoms with Gasteiger partial charge >= 0.3 is 0 Å². The lowest BCUT2D eigenvalue weighted by atomic mass is 9.44. The summed E-state index contributed by atoms with van der Waals surface area (Å²) in [6.07, 6.45) is -19.0. The first kappa shape index (κ1) is 55.5. The Morgan fingerprint density at radius 3 is 1.88 bits per heavy atom. The van der Waals surface area contributed by atoms with Gasteiger partial charge in [-0.2, -0.15) is 0 Å². The van der Waals surface area contributed by atoms with Crippen LogP contribution in [0, 0.1) is 46.3 Å². The van der Waals surface area contributed by atoms with Gasteiger partial charge in [-0.15, -0.1) is 0 Å². The molecule has 0 aromatic carbocycles. The average Bonchev–Trinajstić information content (AvgIpc) is 3.85. The van der Waals surface area contributed by atoms with Crippen LogP contribution >= 0.6 is 0 Å². The summed E-state index contributed by atoms with van der Waals surface area (Å²) in [7, 11) is 0. The Morgan fingerprint density at radius 1 is 0.597 bits per heavy atom. The molecule has 0 spiro atoms. The highest BCUT2D eigenvalue weighted by atomic mass is 16.8. The third-order valence-corrected chi connectivity index (χ3v) is 19.4. The molecule has 4 saturated carbocycles. The van der Waals surface area contributed by atoms with Crippen LogP contribution in [-0.4, -0.2) is 216 Å². The van der Waals surface area contributed by atoms with E-state index in [0.717, 1.165) is 57.1 Å². The molecule has 9 rings (SSSR count). The van der Waals surface area contributed by atoms with Crippen LogP contribution in [0.15, 0.2) is 11.3 Å². The first-order valence-corrected chi connectivity index (χ1v) is 26.7. The summed E-state index contributed by atoms with van der Waals surface area (Å²) in [6, 6.07) is 0. The predicted octanol–water partition coefficient (Wildman–Crippen LogP) is -0.950. The third kappa shape index (κ3) is 10.1. The van der Waals surface area contributed by atoms with Gasteiger partial charge in [-0.3, -0.25) is 0 Å². The highest BCUT2D eigenvalue weighted by Crippen LogP contribution is 2.70. The van der Waals surface area contributed by atoms with Crippen molar-refractivity contribution >= 4 is 0 Å². The minimum Gasteiger partial charge on any atom is -0.494 e. The predicted molar refractivity (Wildman–Crippen MR) is 247 cm³/mol. The Morgan fingerprint density at radius 2 is 1.19 bits per heavy atom. The molecular weight excluding hydrogens is 949 g/mol. The Bertz CT molecular complexity index is 1860. The van der Waals surface area contributed by atoms with Gasteiger partial charge in [0.1, 0.15) is 91.6 Å². The van der Waals surface area contributed by atoms with E-state index in [4.69, 9.17) is 42.6 Å². The standard InChI is InChI=1S/C51H84O21/c1-20(18-64-47-43(62)40(59)36(55)31(17-52)70-47)7-10-29-21(2)33-30(69-29)16-28-26-9-8-24-15-25(11-13-50(24,5)27(26)12-14-51(28,33)6)68-49-45(72-48-44(63)39(58)35(54)23(4)67-48)41(60)37(56)32(71-49)19-65-46-42(61)38(57)34(53)22(3)66-46/h20,22-28,30-49,52-63H,7-19H2,1-6H3/t20-,22+,23+,24+,25+,26?,27?,28?,30?,31-,32-,33?,34+,35+,36-,37-,38-,39-,40+,41+,42-,43-,44-,45-,46-,47-,48+,49-,50+,51+/m1/s1. The van der Waals surface area contributed by atoms with Crippen LogP contribution in [0.3, 0.4) is 0 Å². The van der Waals surface area contributed by atoms with Gasteiger partial charge in [0.2, 0.25) is 0 Å². The van der Waals surface area contributed by atoms with Crippen molar-refractivity contribution in [3.63, 3.8) is 0 Å². The van der Waals surface area contributed by atoms with E-state index in [9.17, 15) is 61.3 Å². The molecule has 0 aromatic rings. The van der Waals surface area contributed by atoms with Crippen molar-refractivity contribution in [3.8, 4) is 0 Å². The van der Waals surface area contributed by atoms with Gasteiger partial charge < -0.3 is 104 Å². The summed E-state index contributed by atoms with van der Waals surface area (Å²) < 4.78 is 54.5. The molecule has 30 atom stereocenters. The Balaban J connectivity index is 0.826. The van der Waals surface area contributed by atoms with Crippen LogP contribution in [0.4, 0.5) is 0 Å². The van der Waals surface area contributed by atoms with E-state index in [0.29, 0.717) is 42.4 Å². The maximum atomic E-state index is 11.7. The van der Waals surface area contributed by atoms with E-state index >= 15 is 0 Å². The smallest absolute Gasteiger partial charge is 0.187 e. The first-order valence-electron chi connectivity index (χ1n) is 26.7. The molecule has 4 aliphatic carbocycles. The zero-order valence-electron chi connectivity index (χ0n) is 42.4. The first-order chi connectivity index (χ1) is 34.1. The van der Waals surface area contributed by atoms with E-state index < -0.39 is 136 Å². The van der Waals surface area contributed by atoms with Crippen LogP contribution < -0.4 is 0 Å². The molecular formula is C51H84O21. The fourth-order valence-corrected chi connectivity index (χ4v) is 15.0. The number of ether oxygens (including phenoxy) is 9. The van der Waals surface area contributed by atoms with Crippen molar-refractivity contribution in [2.45, 2.75) is 241 Å². The fraction of sp³-hybridized carbons (Fsp3) is 0.961. The van der Waals surface area contributed by atoms with Gasteiger partial charge in [0, 0.05) is 12.3 Å². The van der Waals surface area contributed by atoms with E-state index in [2.05, 4.69) is 20.8 Å². The van der Waals surface area contributed by atoms with Crippen LogP contribution in [0.2, 0.25) is 0 Å². The van der Waals surface area contributed by atoms with Gasteiger partial charge in [0.15, 0.2) is 25.2 Å². The minimum absolute atomic E-state index is 0.0468. The molecule has 5 unspecified atom stereocenters. The highest BCUT2D eigenvalue weighted by molar-refractivity contribution is 5.27. The zero-order chi connectivity index (χ0) is 51.9. The van der Waals surface area contributed by atoms with Crippen molar-refractivity contribution in [1.29, 1.82) is 0 Å². The summed E-state index contributed by atoms with van der Waals surface area (Å²) in [5, 5.41) is 126. The molecule has 414 valence electrons. The number of hydrogen-bond donors (Lipinski definition) is 12. The molecule has 5 aliphatic heterocycles. The van der Waals surface area contributed by atoms with E-state index in [1.165, 1.54) is 19.4 Å². The summed E-state index contributed by atoms with van der Waals surface area (Å²) in [4.78, 5) is 0. The van der Waals surface area contributed by atoms with Crippen LogP contribution in [-0.2, 0) is 42.6 Å². The van der Waals surface area contributed by atoms with Crippen LogP contribution in [0.1, 0.15) is 106 Å². The molecule has 12 N–H and O–H groups in total. The number of allylic oxidation sites excluding steroid dienone is 1. The fourth-order valence-electron chi connectivity index (χ4n) is 15.0. The van der Waals surface area contributed by atoms with E-state index in [1.54, 1.807) is 0 Å². The maximum absolute atomic E-state index is 11.7. The van der Waals surface area contributed by atoms with Crippen molar-refractivity contribution in [2.24, 2.45) is 46.3 Å². The van der Waals surface area contributed by atoms with Crippen molar-refractivity contribution in [1.82, 2.24) is 0 Å². The number of aliphatic hydroxyl groups excluding tert-OH is 12. The molecule has 21 nitrogen and oxygen atoms in total. The second-order valence-electron chi connectivity index (χ2n) is 23.7. The topological polar surface area (TPSA) is 326 Å². The SMILES string of the molecule is CC1=C(CC[C@@H](C)CO[C@@H]2O[C@H](CO)[C@@H](O)[C@H](O)[C@H]2O)OC2CC3C4CC[C@H]5C[C@@H](O[C@@H]6O[C@H](CO[C@@H]7O[C@@H](C)[C@H](O)[C@@H](O)[C@H]7O)[C@@H](O)[C@H](O)[C@H]6O[C@@H]6O[C@@H](C)[C@H](O)[C@@H](O)[C@H]6O)CC[C@]5(C)C4CC[C@]3(C)C12. The van der Waals surface area contributed by atoms with Crippen molar-refractivity contribution < 1.29 is 104 Å². The molecule has 21 heteroatoms. The Kier molecular flexibility index (Phi) is 16.9. The molecule has 4 saturated heterocycles. The molecule has 72 heavy (non-hydrogen) atoms. The minimum atomic E-state index is -1.70. The molecule has 0 radical (unpaired) electrons. The Labute approximate surface area is 421 Å². The summed E-state index contributed by atoms with van der Waals surface area (Å²) in [5.74, 6) is 3.36. The second kappa shape index (κ2) is 21.9. The van der Waals surface area contributed by atoms with Crippen molar-refractivity contribution in [3.05, 3.63) is 11.3 Å². The maximum Gasteiger partial charge on any atom is 0.187 e. The van der Waals surface area contributed by atoms with Crippen LogP contribution in [0.5, 0.6) is 0 Å². The zero-order valence-corrected chi connectivity index (χ0v) is 42.4. The lowest BCUT2D eigenvalue weighted by Crippen LogP contribution is -2.65. The average molecular weight is 1030 g/mol. The third-order valence-electron chi connectivity index (χ3n) is 19.4. The molecule has 5 heterocycles. The van der Waals surface area contributed by atoms with Gasteiger partial charge in [0.25, 0.3) is 0 Å². The van der Waals surface area contributed by atoms with Crippen LogP contribution in [0.25, 0.3) is 0 Å². The van der Waals surface area contributed by atoms with Gasteiger partial charge in [-0.05, 0) is 125 Å². The monoisotopic (exact) mass is 1030 g/mol. The number of aliphatic hydroxyl groups is 12. The lowest BCUT2D eigenvalue weighted by Gasteiger charge is -2.61.